The first-order valence-corrected chi connectivity index (χ1v) is 10.00. The largest absolute Gasteiger partial charge is 0.468 e. The number of esters is 1. The Morgan fingerprint density at radius 3 is 2.44 bits per heavy atom. The van der Waals surface area contributed by atoms with Crippen LogP contribution in [0.2, 0.25) is 0 Å². The van der Waals surface area contributed by atoms with E-state index in [4.69, 9.17) is 4.74 Å². The molecule has 25 heavy (non-hydrogen) atoms. The maximum absolute atomic E-state index is 12.9. The molecular formula is C20H26O4S. The van der Waals surface area contributed by atoms with Crippen molar-refractivity contribution in [3.8, 4) is 0 Å². The van der Waals surface area contributed by atoms with E-state index in [1.807, 2.05) is 0 Å². The average molecular weight is 362 g/mol. The van der Waals surface area contributed by atoms with Crippen molar-refractivity contribution in [1.82, 2.24) is 0 Å². The van der Waals surface area contributed by atoms with Crippen LogP contribution >= 0.6 is 0 Å². The normalized spacial score (nSPS) is 19.0. The second-order valence-electron chi connectivity index (χ2n) is 7.09. The molecule has 0 amide bonds. The molecule has 2 rings (SSSR count). The van der Waals surface area contributed by atoms with E-state index in [0.29, 0.717) is 0 Å². The molecule has 4 nitrogen and oxygen atoms in total. The minimum absolute atomic E-state index is 0.0317. The van der Waals surface area contributed by atoms with E-state index >= 15 is 0 Å². The topological polar surface area (TPSA) is 60.4 Å². The Balaban J connectivity index is 2.45. The molecule has 0 bridgehead atoms. The molecule has 1 aromatic carbocycles. The van der Waals surface area contributed by atoms with Gasteiger partial charge in [-0.2, -0.15) is 0 Å². The summed E-state index contributed by atoms with van der Waals surface area (Å²) in [5.74, 6) is -0.771. The van der Waals surface area contributed by atoms with Crippen molar-refractivity contribution in [2.75, 3.05) is 7.11 Å². The standard InChI is InChI=1S/C20H26O4S/c1-15-9-8-14-20(2,3)17(15)12-13-18(19(21)24-4)25(22,23)16-10-6-5-7-11-16/h5-7,10-13,18H,8-9,14H2,1-4H3/b13-12+. The molecule has 0 saturated heterocycles. The van der Waals surface area contributed by atoms with Gasteiger partial charge in [0, 0.05) is 0 Å². The zero-order valence-electron chi connectivity index (χ0n) is 15.3. The lowest BCUT2D eigenvalue weighted by atomic mass is 9.72. The van der Waals surface area contributed by atoms with Crippen LogP contribution in [0.1, 0.15) is 40.0 Å². The van der Waals surface area contributed by atoms with Crippen molar-refractivity contribution in [2.45, 2.75) is 50.2 Å². The summed E-state index contributed by atoms with van der Waals surface area (Å²) in [6.45, 7) is 6.36. The number of benzene rings is 1. The van der Waals surface area contributed by atoms with E-state index < -0.39 is 21.1 Å². The molecule has 0 heterocycles. The third-order valence-corrected chi connectivity index (χ3v) is 6.77. The van der Waals surface area contributed by atoms with Gasteiger partial charge in [0.15, 0.2) is 15.1 Å². The molecule has 5 heteroatoms. The zero-order valence-corrected chi connectivity index (χ0v) is 16.1. The molecule has 0 fully saturated rings. The summed E-state index contributed by atoms with van der Waals surface area (Å²) in [5, 5.41) is -1.35. The molecule has 0 spiro atoms. The molecule has 1 atom stereocenters. The van der Waals surface area contributed by atoms with Crippen LogP contribution in [0.25, 0.3) is 0 Å². The van der Waals surface area contributed by atoms with E-state index in [2.05, 4.69) is 20.8 Å². The fourth-order valence-electron chi connectivity index (χ4n) is 3.38. The molecule has 1 aliphatic carbocycles. The molecule has 0 radical (unpaired) electrons. The number of carbonyl (C=O) groups is 1. The van der Waals surface area contributed by atoms with Crippen molar-refractivity contribution in [2.24, 2.45) is 5.41 Å². The number of hydrogen-bond donors (Lipinski definition) is 0. The summed E-state index contributed by atoms with van der Waals surface area (Å²) in [6, 6.07) is 8.01. The summed E-state index contributed by atoms with van der Waals surface area (Å²) in [6.07, 6.45) is 6.44. The van der Waals surface area contributed by atoms with Gasteiger partial charge in [-0.05, 0) is 49.3 Å². The van der Waals surface area contributed by atoms with Gasteiger partial charge in [-0.3, -0.25) is 4.79 Å². The average Bonchev–Trinajstić information content (AvgIpc) is 2.57. The first kappa shape index (κ1) is 19.4. The highest BCUT2D eigenvalue weighted by Crippen LogP contribution is 2.40. The van der Waals surface area contributed by atoms with Crippen LogP contribution in [0.3, 0.4) is 0 Å². The third kappa shape index (κ3) is 4.21. The lowest BCUT2D eigenvalue weighted by Gasteiger charge is -2.33. The van der Waals surface area contributed by atoms with E-state index in [1.165, 1.54) is 30.9 Å². The lowest BCUT2D eigenvalue weighted by Crippen LogP contribution is -2.30. The minimum Gasteiger partial charge on any atom is -0.468 e. The van der Waals surface area contributed by atoms with Gasteiger partial charge in [-0.15, -0.1) is 0 Å². The van der Waals surface area contributed by atoms with Crippen LogP contribution in [-0.4, -0.2) is 26.7 Å². The van der Waals surface area contributed by atoms with Crippen LogP contribution < -0.4 is 0 Å². The van der Waals surface area contributed by atoms with Crippen molar-refractivity contribution < 1.29 is 17.9 Å². The predicted octanol–water partition coefficient (Wildman–Crippen LogP) is 4.08. The van der Waals surface area contributed by atoms with E-state index in [-0.39, 0.29) is 10.3 Å². The summed E-state index contributed by atoms with van der Waals surface area (Å²) in [7, 11) is -2.64. The summed E-state index contributed by atoms with van der Waals surface area (Å²) >= 11 is 0. The molecular weight excluding hydrogens is 336 g/mol. The third-order valence-electron chi connectivity index (χ3n) is 4.82. The SMILES string of the molecule is COC(=O)C(/C=C/C1=C(C)CCCC1(C)C)S(=O)(=O)c1ccccc1. The number of hydrogen-bond acceptors (Lipinski definition) is 4. The van der Waals surface area contributed by atoms with Gasteiger partial charge in [0.25, 0.3) is 0 Å². The lowest BCUT2D eigenvalue weighted by molar-refractivity contribution is -0.139. The number of rotatable bonds is 5. The highest BCUT2D eigenvalue weighted by atomic mass is 32.2. The number of ether oxygens (including phenoxy) is 1. The maximum atomic E-state index is 12.9. The molecule has 1 aromatic rings. The van der Waals surface area contributed by atoms with E-state index in [0.717, 1.165) is 24.8 Å². The summed E-state index contributed by atoms with van der Waals surface area (Å²) in [5.41, 5.74) is 2.32. The number of allylic oxidation sites excluding steroid dienone is 3. The Kier molecular flexibility index (Phi) is 5.88. The van der Waals surface area contributed by atoms with Gasteiger partial charge < -0.3 is 4.74 Å². The van der Waals surface area contributed by atoms with Gasteiger partial charge in [-0.1, -0.05) is 49.8 Å². The Hall–Kier alpha value is -1.88. The minimum atomic E-state index is -3.85. The van der Waals surface area contributed by atoms with Crippen molar-refractivity contribution >= 4 is 15.8 Å². The highest BCUT2D eigenvalue weighted by Gasteiger charge is 2.34. The first-order valence-electron chi connectivity index (χ1n) is 8.45. The molecule has 1 aliphatic rings. The fraction of sp³-hybridized carbons (Fsp3) is 0.450. The number of sulfone groups is 1. The smallest absolute Gasteiger partial charge is 0.328 e. The molecule has 0 aromatic heterocycles. The van der Waals surface area contributed by atoms with Gasteiger partial charge in [0.2, 0.25) is 0 Å². The molecule has 0 N–H and O–H groups in total. The molecule has 0 saturated carbocycles. The van der Waals surface area contributed by atoms with Crippen LogP contribution in [0, 0.1) is 5.41 Å². The Morgan fingerprint density at radius 1 is 1.24 bits per heavy atom. The fourth-order valence-corrected chi connectivity index (χ4v) is 4.84. The number of methoxy groups -OCH3 is 1. The second-order valence-corrected chi connectivity index (χ2v) is 9.16. The monoisotopic (exact) mass is 362 g/mol. The summed E-state index contributed by atoms with van der Waals surface area (Å²) in [4.78, 5) is 12.3. The molecule has 136 valence electrons. The van der Waals surface area contributed by atoms with Gasteiger partial charge in [0.1, 0.15) is 0 Å². The first-order chi connectivity index (χ1) is 11.7. The second kappa shape index (κ2) is 7.56. The van der Waals surface area contributed by atoms with Gasteiger partial charge in [0.05, 0.1) is 12.0 Å². The van der Waals surface area contributed by atoms with Gasteiger partial charge >= 0.3 is 5.97 Å². The highest BCUT2D eigenvalue weighted by molar-refractivity contribution is 7.93. The Labute approximate surface area is 150 Å². The van der Waals surface area contributed by atoms with Crippen LogP contribution in [-0.2, 0) is 19.4 Å². The van der Waals surface area contributed by atoms with Crippen molar-refractivity contribution in [1.29, 1.82) is 0 Å². The quantitative estimate of drug-likeness (QED) is 0.740. The zero-order chi connectivity index (χ0) is 18.7. The predicted molar refractivity (Wildman–Crippen MR) is 98.9 cm³/mol. The number of carbonyl (C=O) groups excluding carboxylic acids is 1. The van der Waals surface area contributed by atoms with E-state index in [9.17, 15) is 13.2 Å². The van der Waals surface area contributed by atoms with Gasteiger partial charge in [-0.25, -0.2) is 8.42 Å². The van der Waals surface area contributed by atoms with Crippen molar-refractivity contribution in [3.05, 3.63) is 53.6 Å². The van der Waals surface area contributed by atoms with Crippen LogP contribution in [0.15, 0.2) is 58.5 Å². The van der Waals surface area contributed by atoms with Crippen molar-refractivity contribution in [3.63, 3.8) is 0 Å². The van der Waals surface area contributed by atoms with Crippen LogP contribution in [0.4, 0.5) is 0 Å². The van der Waals surface area contributed by atoms with Crippen LogP contribution in [0.5, 0.6) is 0 Å². The Bertz CT molecular complexity index is 786. The Morgan fingerprint density at radius 2 is 1.88 bits per heavy atom. The van der Waals surface area contributed by atoms with E-state index in [1.54, 1.807) is 24.3 Å². The summed E-state index contributed by atoms with van der Waals surface area (Å²) < 4.78 is 30.5. The molecule has 1 unspecified atom stereocenters. The maximum Gasteiger partial charge on any atom is 0.328 e. The molecule has 0 aliphatic heterocycles.